The van der Waals surface area contributed by atoms with E-state index in [0.29, 0.717) is 38.2 Å². The van der Waals surface area contributed by atoms with Gasteiger partial charge >= 0.3 is 5.97 Å². The number of halogens is 1. The number of carboxylic acids is 1. The number of carboxylic acid groups (broad SMARTS) is 1. The number of piperidine rings is 1. The molecule has 1 aromatic carbocycles. The SMILES string of the molecule is O=C(CCCN1CCOCC1)N1CC[C@@H](O)[C@](Cc2ccc(F)cc2)(C(=O)O)C1. The Labute approximate surface area is 170 Å². The van der Waals surface area contributed by atoms with Crippen LogP contribution in [0.2, 0.25) is 0 Å². The third-order valence-electron chi connectivity index (χ3n) is 5.96. The van der Waals surface area contributed by atoms with Gasteiger partial charge < -0.3 is 19.8 Å². The number of carbonyl (C=O) groups is 2. The van der Waals surface area contributed by atoms with Crippen molar-refractivity contribution in [1.29, 1.82) is 0 Å². The number of amides is 1. The van der Waals surface area contributed by atoms with Gasteiger partial charge in [0.2, 0.25) is 5.91 Å². The highest BCUT2D eigenvalue weighted by Gasteiger charge is 2.50. The number of carbonyl (C=O) groups excluding carboxylic acids is 1. The van der Waals surface area contributed by atoms with E-state index in [9.17, 15) is 24.2 Å². The Kier molecular flexibility index (Phi) is 7.21. The third kappa shape index (κ3) is 5.32. The number of rotatable bonds is 7. The number of aliphatic carboxylic acids is 1. The van der Waals surface area contributed by atoms with E-state index in [1.807, 2.05) is 0 Å². The molecule has 2 aliphatic rings. The minimum Gasteiger partial charge on any atom is -0.481 e. The first-order chi connectivity index (χ1) is 13.9. The van der Waals surface area contributed by atoms with Crippen molar-refractivity contribution in [2.45, 2.75) is 31.8 Å². The molecule has 8 heteroatoms. The molecule has 1 aromatic rings. The van der Waals surface area contributed by atoms with Gasteiger partial charge in [-0.2, -0.15) is 0 Å². The molecule has 2 aliphatic heterocycles. The highest BCUT2D eigenvalue weighted by atomic mass is 19.1. The van der Waals surface area contributed by atoms with Gasteiger partial charge in [0, 0.05) is 32.6 Å². The van der Waals surface area contributed by atoms with Crippen LogP contribution >= 0.6 is 0 Å². The number of aliphatic hydroxyl groups is 1. The fraction of sp³-hybridized carbons (Fsp3) is 0.619. The molecule has 7 nitrogen and oxygen atoms in total. The van der Waals surface area contributed by atoms with Crippen LogP contribution in [0, 0.1) is 11.2 Å². The van der Waals surface area contributed by atoms with E-state index in [2.05, 4.69) is 4.90 Å². The molecule has 0 unspecified atom stereocenters. The monoisotopic (exact) mass is 408 g/mol. The average molecular weight is 408 g/mol. The van der Waals surface area contributed by atoms with E-state index in [4.69, 9.17) is 4.74 Å². The summed E-state index contributed by atoms with van der Waals surface area (Å²) in [5.41, 5.74) is -0.870. The fourth-order valence-corrected chi connectivity index (χ4v) is 4.16. The van der Waals surface area contributed by atoms with Gasteiger partial charge in [-0.3, -0.25) is 14.5 Å². The standard InChI is InChI=1S/C21H29FN2O5/c22-17-5-3-16(4-6-17)14-21(20(27)28)15-24(9-7-18(21)25)19(26)2-1-8-23-10-12-29-13-11-23/h3-6,18,25H,1-2,7-15H2,(H,27,28)/t18-,21-/m1/s1. The summed E-state index contributed by atoms with van der Waals surface area (Å²) in [6.07, 6.45) is 0.238. The second-order valence-corrected chi connectivity index (χ2v) is 7.94. The molecule has 2 atom stereocenters. The third-order valence-corrected chi connectivity index (χ3v) is 5.96. The zero-order valence-corrected chi connectivity index (χ0v) is 16.6. The lowest BCUT2D eigenvalue weighted by atomic mass is 9.72. The van der Waals surface area contributed by atoms with E-state index in [-0.39, 0.29) is 25.3 Å². The molecule has 0 aliphatic carbocycles. The van der Waals surface area contributed by atoms with Crippen molar-refractivity contribution in [1.82, 2.24) is 9.80 Å². The predicted octanol–water partition coefficient (Wildman–Crippen LogP) is 1.14. The Morgan fingerprint density at radius 2 is 1.86 bits per heavy atom. The van der Waals surface area contributed by atoms with Crippen molar-refractivity contribution >= 4 is 11.9 Å². The van der Waals surface area contributed by atoms with Crippen molar-refractivity contribution in [2.24, 2.45) is 5.41 Å². The molecule has 0 aromatic heterocycles. The molecule has 2 saturated heterocycles. The smallest absolute Gasteiger partial charge is 0.314 e. The zero-order valence-electron chi connectivity index (χ0n) is 16.6. The predicted molar refractivity (Wildman–Crippen MR) is 104 cm³/mol. The van der Waals surface area contributed by atoms with Gasteiger partial charge in [0.15, 0.2) is 0 Å². The average Bonchev–Trinajstić information content (AvgIpc) is 2.72. The maximum Gasteiger partial charge on any atom is 0.314 e. The van der Waals surface area contributed by atoms with Gasteiger partial charge in [-0.1, -0.05) is 12.1 Å². The van der Waals surface area contributed by atoms with Gasteiger partial charge in [-0.25, -0.2) is 4.39 Å². The second kappa shape index (κ2) is 9.65. The maximum absolute atomic E-state index is 13.2. The first-order valence-corrected chi connectivity index (χ1v) is 10.1. The zero-order chi connectivity index (χ0) is 20.9. The number of nitrogens with zero attached hydrogens (tertiary/aromatic N) is 2. The van der Waals surface area contributed by atoms with Crippen LogP contribution in [-0.4, -0.2) is 83.9 Å². The van der Waals surface area contributed by atoms with Crippen molar-refractivity contribution in [3.05, 3.63) is 35.6 Å². The van der Waals surface area contributed by atoms with Gasteiger partial charge in [0.25, 0.3) is 0 Å². The Hall–Kier alpha value is -2.03. The summed E-state index contributed by atoms with van der Waals surface area (Å²) < 4.78 is 18.5. The Balaban J connectivity index is 1.62. The summed E-state index contributed by atoms with van der Waals surface area (Å²) in [6, 6.07) is 5.59. The first-order valence-electron chi connectivity index (χ1n) is 10.1. The Morgan fingerprint density at radius 3 is 2.52 bits per heavy atom. The number of hydrogen-bond donors (Lipinski definition) is 2. The molecule has 1 amide bonds. The number of ether oxygens (including phenoxy) is 1. The molecule has 2 fully saturated rings. The Morgan fingerprint density at radius 1 is 1.17 bits per heavy atom. The number of aliphatic hydroxyl groups excluding tert-OH is 1. The van der Waals surface area contributed by atoms with E-state index >= 15 is 0 Å². The van der Waals surface area contributed by atoms with Crippen LogP contribution in [0.15, 0.2) is 24.3 Å². The summed E-state index contributed by atoms with van der Waals surface area (Å²) in [4.78, 5) is 28.7. The molecule has 0 radical (unpaired) electrons. The number of morpholine rings is 1. The minimum atomic E-state index is -1.49. The highest BCUT2D eigenvalue weighted by Crippen LogP contribution is 2.35. The molecule has 3 rings (SSSR count). The summed E-state index contributed by atoms with van der Waals surface area (Å²) >= 11 is 0. The summed E-state index contributed by atoms with van der Waals surface area (Å²) in [5.74, 6) is -1.63. The van der Waals surface area contributed by atoms with E-state index in [0.717, 1.165) is 19.6 Å². The molecule has 0 bridgehead atoms. The largest absolute Gasteiger partial charge is 0.481 e. The second-order valence-electron chi connectivity index (χ2n) is 7.94. The summed E-state index contributed by atoms with van der Waals surface area (Å²) in [7, 11) is 0. The van der Waals surface area contributed by atoms with E-state index in [1.54, 1.807) is 4.90 Å². The quantitative estimate of drug-likeness (QED) is 0.703. The lowest BCUT2D eigenvalue weighted by Gasteiger charge is -2.43. The molecule has 0 spiro atoms. The van der Waals surface area contributed by atoms with Crippen LogP contribution in [0.4, 0.5) is 4.39 Å². The van der Waals surface area contributed by atoms with Gasteiger partial charge in [0.05, 0.1) is 19.3 Å². The summed E-state index contributed by atoms with van der Waals surface area (Å²) in [5, 5.41) is 20.5. The van der Waals surface area contributed by atoms with Gasteiger partial charge in [-0.05, 0) is 43.5 Å². The van der Waals surface area contributed by atoms with Crippen molar-refractivity contribution in [2.75, 3.05) is 45.9 Å². The molecule has 0 saturated carbocycles. The lowest BCUT2D eigenvalue weighted by molar-refractivity contribution is -0.165. The number of hydrogen-bond acceptors (Lipinski definition) is 5. The number of benzene rings is 1. The number of likely N-dealkylation sites (tertiary alicyclic amines) is 1. The molecule has 2 N–H and O–H groups in total. The molecular weight excluding hydrogens is 379 g/mol. The van der Waals surface area contributed by atoms with Crippen LogP contribution in [0.5, 0.6) is 0 Å². The first kappa shape index (κ1) is 21.7. The van der Waals surface area contributed by atoms with Crippen molar-refractivity contribution < 1.29 is 28.9 Å². The Bertz CT molecular complexity index is 708. The summed E-state index contributed by atoms with van der Waals surface area (Å²) in [6.45, 7) is 4.26. The fourth-order valence-electron chi connectivity index (χ4n) is 4.16. The van der Waals surface area contributed by atoms with Crippen molar-refractivity contribution in [3.8, 4) is 0 Å². The van der Waals surface area contributed by atoms with Gasteiger partial charge in [0.1, 0.15) is 11.2 Å². The lowest BCUT2D eigenvalue weighted by Crippen LogP contribution is -2.58. The van der Waals surface area contributed by atoms with Crippen LogP contribution in [0.25, 0.3) is 0 Å². The molecule has 2 heterocycles. The van der Waals surface area contributed by atoms with Crippen molar-refractivity contribution in [3.63, 3.8) is 0 Å². The van der Waals surface area contributed by atoms with Gasteiger partial charge in [-0.15, -0.1) is 0 Å². The normalized spacial score (nSPS) is 25.7. The molecular formula is C21H29FN2O5. The minimum absolute atomic E-state index is 0.0430. The van der Waals surface area contributed by atoms with Crippen LogP contribution < -0.4 is 0 Å². The topological polar surface area (TPSA) is 90.3 Å². The molecule has 29 heavy (non-hydrogen) atoms. The van der Waals surface area contributed by atoms with E-state index < -0.39 is 23.3 Å². The van der Waals surface area contributed by atoms with Crippen LogP contribution in [0.1, 0.15) is 24.8 Å². The maximum atomic E-state index is 13.2. The highest BCUT2D eigenvalue weighted by molar-refractivity contribution is 5.80. The van der Waals surface area contributed by atoms with Crippen LogP contribution in [0.3, 0.4) is 0 Å². The van der Waals surface area contributed by atoms with E-state index in [1.165, 1.54) is 24.3 Å². The molecule has 160 valence electrons. The van der Waals surface area contributed by atoms with Crippen LogP contribution in [-0.2, 0) is 20.7 Å².